The lowest BCUT2D eigenvalue weighted by atomic mass is 9.98. The minimum Gasteiger partial charge on any atom is -0.497 e. The normalized spacial score (nSPS) is 18.1. The van der Waals surface area contributed by atoms with Crippen molar-refractivity contribution in [1.29, 1.82) is 0 Å². The van der Waals surface area contributed by atoms with Crippen LogP contribution in [-0.2, 0) is 6.42 Å². The predicted molar refractivity (Wildman–Crippen MR) is 78.8 cm³/mol. The van der Waals surface area contributed by atoms with Gasteiger partial charge in [0, 0.05) is 10.4 Å². The predicted octanol–water partition coefficient (Wildman–Crippen LogP) is 3.42. The van der Waals surface area contributed by atoms with Gasteiger partial charge >= 0.3 is 0 Å². The molecule has 3 rings (SSSR count). The quantitative estimate of drug-likeness (QED) is 0.931. The molecule has 0 amide bonds. The van der Waals surface area contributed by atoms with Crippen LogP contribution in [0.4, 0.5) is 0 Å². The van der Waals surface area contributed by atoms with Gasteiger partial charge in [-0.05, 0) is 50.6 Å². The van der Waals surface area contributed by atoms with Crippen LogP contribution in [0.5, 0.6) is 5.75 Å². The van der Waals surface area contributed by atoms with E-state index < -0.39 is 0 Å². The zero-order valence-electron chi connectivity index (χ0n) is 11.3. The molecule has 19 heavy (non-hydrogen) atoms. The number of ether oxygens (including phenoxy) is 1. The molecule has 1 atom stereocenters. The summed E-state index contributed by atoms with van der Waals surface area (Å²) in [5.41, 5.74) is 2.43. The van der Waals surface area contributed by atoms with E-state index in [0.717, 1.165) is 10.8 Å². The van der Waals surface area contributed by atoms with Gasteiger partial charge in [0.2, 0.25) is 0 Å². The Morgan fingerprint density at radius 3 is 2.79 bits per heavy atom. The number of fused-ring (bicyclic) bond motifs is 1. The Morgan fingerprint density at radius 2 is 2.11 bits per heavy atom. The largest absolute Gasteiger partial charge is 0.497 e. The fraction of sp³-hybridized carbons (Fsp3) is 0.400. The SMILES string of the molecule is CNC1CCCc2sc(-c3ccc(OC)cc3)nc21. The summed E-state index contributed by atoms with van der Waals surface area (Å²) in [6.07, 6.45) is 3.61. The topological polar surface area (TPSA) is 34.1 Å². The second-order valence-electron chi connectivity index (χ2n) is 4.79. The Hall–Kier alpha value is -1.39. The molecule has 1 aromatic carbocycles. The van der Waals surface area contributed by atoms with Crippen LogP contribution < -0.4 is 10.1 Å². The zero-order valence-corrected chi connectivity index (χ0v) is 12.1. The van der Waals surface area contributed by atoms with Crippen molar-refractivity contribution in [2.75, 3.05) is 14.2 Å². The first-order valence-corrected chi connectivity index (χ1v) is 7.44. The van der Waals surface area contributed by atoms with Crippen LogP contribution in [0.25, 0.3) is 10.6 Å². The first kappa shape index (κ1) is 12.6. The van der Waals surface area contributed by atoms with Gasteiger partial charge in [0.05, 0.1) is 18.8 Å². The smallest absolute Gasteiger partial charge is 0.123 e. The summed E-state index contributed by atoms with van der Waals surface area (Å²) >= 11 is 1.83. The van der Waals surface area contributed by atoms with E-state index >= 15 is 0 Å². The van der Waals surface area contributed by atoms with E-state index in [4.69, 9.17) is 9.72 Å². The highest BCUT2D eigenvalue weighted by molar-refractivity contribution is 7.15. The van der Waals surface area contributed by atoms with Crippen LogP contribution in [0, 0.1) is 0 Å². The van der Waals surface area contributed by atoms with Crippen LogP contribution in [-0.4, -0.2) is 19.1 Å². The molecule has 0 saturated heterocycles. The van der Waals surface area contributed by atoms with Gasteiger partial charge in [-0.2, -0.15) is 0 Å². The van der Waals surface area contributed by atoms with Crippen molar-refractivity contribution >= 4 is 11.3 Å². The highest BCUT2D eigenvalue weighted by atomic mass is 32.1. The second-order valence-corrected chi connectivity index (χ2v) is 5.87. The lowest BCUT2D eigenvalue weighted by Gasteiger charge is -2.19. The Labute approximate surface area is 117 Å². The molecule has 3 nitrogen and oxygen atoms in total. The van der Waals surface area contributed by atoms with Crippen LogP contribution in [0.2, 0.25) is 0 Å². The van der Waals surface area contributed by atoms with Crippen molar-refractivity contribution in [2.24, 2.45) is 0 Å². The first-order valence-electron chi connectivity index (χ1n) is 6.63. The molecule has 0 radical (unpaired) electrons. The highest BCUT2D eigenvalue weighted by Gasteiger charge is 2.23. The standard InChI is InChI=1S/C15H18N2OS/c1-16-12-4-3-5-13-14(12)17-15(19-13)10-6-8-11(18-2)9-7-10/h6-9,12,16H,3-5H2,1-2H3. The summed E-state index contributed by atoms with van der Waals surface area (Å²) in [5.74, 6) is 0.887. The average molecular weight is 274 g/mol. The van der Waals surface area contributed by atoms with Crippen LogP contribution in [0.1, 0.15) is 29.5 Å². The fourth-order valence-electron chi connectivity index (χ4n) is 2.56. The molecule has 1 N–H and O–H groups in total. The van der Waals surface area contributed by atoms with E-state index in [1.165, 1.54) is 35.4 Å². The average Bonchev–Trinajstić information content (AvgIpc) is 2.91. The number of thiazole rings is 1. The number of hydrogen-bond acceptors (Lipinski definition) is 4. The maximum Gasteiger partial charge on any atom is 0.123 e. The van der Waals surface area contributed by atoms with Crippen molar-refractivity contribution in [3.63, 3.8) is 0 Å². The molecule has 2 aromatic rings. The molecule has 4 heteroatoms. The number of methoxy groups -OCH3 is 1. The van der Waals surface area contributed by atoms with E-state index in [1.54, 1.807) is 7.11 Å². The Bertz CT molecular complexity index is 562. The van der Waals surface area contributed by atoms with Crippen molar-refractivity contribution in [3.05, 3.63) is 34.8 Å². The third-order valence-electron chi connectivity index (χ3n) is 3.64. The van der Waals surface area contributed by atoms with E-state index in [-0.39, 0.29) is 0 Å². The molecule has 1 unspecified atom stereocenters. The fourth-order valence-corrected chi connectivity index (χ4v) is 3.73. The minimum absolute atomic E-state index is 0.423. The summed E-state index contributed by atoms with van der Waals surface area (Å²) in [6.45, 7) is 0. The highest BCUT2D eigenvalue weighted by Crippen LogP contribution is 2.37. The molecule has 0 bridgehead atoms. The van der Waals surface area contributed by atoms with Gasteiger partial charge in [-0.15, -0.1) is 11.3 Å². The molecule has 0 fully saturated rings. The number of aryl methyl sites for hydroxylation is 1. The van der Waals surface area contributed by atoms with Gasteiger partial charge in [0.1, 0.15) is 10.8 Å². The minimum atomic E-state index is 0.423. The molecular weight excluding hydrogens is 256 g/mol. The van der Waals surface area contributed by atoms with E-state index in [9.17, 15) is 0 Å². The number of benzene rings is 1. The number of nitrogens with zero attached hydrogens (tertiary/aromatic N) is 1. The monoisotopic (exact) mass is 274 g/mol. The van der Waals surface area contributed by atoms with Gasteiger partial charge < -0.3 is 10.1 Å². The molecule has 1 aromatic heterocycles. The lowest BCUT2D eigenvalue weighted by molar-refractivity contribution is 0.415. The van der Waals surface area contributed by atoms with Crippen LogP contribution >= 0.6 is 11.3 Å². The van der Waals surface area contributed by atoms with Gasteiger partial charge in [-0.1, -0.05) is 0 Å². The molecule has 1 aliphatic carbocycles. The summed E-state index contributed by atoms with van der Waals surface area (Å²) in [4.78, 5) is 6.29. The molecule has 1 heterocycles. The number of aromatic nitrogens is 1. The van der Waals surface area contributed by atoms with E-state index in [2.05, 4.69) is 17.4 Å². The van der Waals surface area contributed by atoms with Gasteiger partial charge in [0.15, 0.2) is 0 Å². The molecule has 0 saturated carbocycles. The van der Waals surface area contributed by atoms with Gasteiger partial charge in [0.25, 0.3) is 0 Å². The summed E-state index contributed by atoms with van der Waals surface area (Å²) < 4.78 is 5.19. The molecule has 100 valence electrons. The zero-order chi connectivity index (χ0) is 13.2. The van der Waals surface area contributed by atoms with Crippen LogP contribution in [0.15, 0.2) is 24.3 Å². The maximum atomic E-state index is 5.19. The Balaban J connectivity index is 1.95. The maximum absolute atomic E-state index is 5.19. The summed E-state index contributed by atoms with van der Waals surface area (Å²) in [6, 6.07) is 8.57. The molecular formula is C15H18N2OS. The first-order chi connectivity index (χ1) is 9.31. The third-order valence-corrected chi connectivity index (χ3v) is 4.82. The van der Waals surface area contributed by atoms with Gasteiger partial charge in [-0.3, -0.25) is 0 Å². The van der Waals surface area contributed by atoms with Crippen molar-refractivity contribution in [1.82, 2.24) is 10.3 Å². The van der Waals surface area contributed by atoms with Crippen molar-refractivity contribution < 1.29 is 4.74 Å². The third kappa shape index (κ3) is 2.38. The number of hydrogen-bond donors (Lipinski definition) is 1. The Morgan fingerprint density at radius 1 is 1.32 bits per heavy atom. The molecule has 0 spiro atoms. The summed E-state index contributed by atoms with van der Waals surface area (Å²) in [5, 5.41) is 4.49. The van der Waals surface area contributed by atoms with Crippen molar-refractivity contribution in [2.45, 2.75) is 25.3 Å². The molecule has 1 aliphatic rings. The summed E-state index contributed by atoms with van der Waals surface area (Å²) in [7, 11) is 3.71. The van der Waals surface area contributed by atoms with Gasteiger partial charge in [-0.25, -0.2) is 4.98 Å². The van der Waals surface area contributed by atoms with Crippen LogP contribution in [0.3, 0.4) is 0 Å². The number of rotatable bonds is 3. The number of nitrogens with one attached hydrogen (secondary N) is 1. The lowest BCUT2D eigenvalue weighted by Crippen LogP contribution is -2.21. The van der Waals surface area contributed by atoms with Crippen molar-refractivity contribution in [3.8, 4) is 16.3 Å². The Kier molecular flexibility index (Phi) is 3.53. The second kappa shape index (κ2) is 5.31. The van der Waals surface area contributed by atoms with E-state index in [0.29, 0.717) is 6.04 Å². The molecule has 0 aliphatic heterocycles. The van der Waals surface area contributed by atoms with E-state index in [1.807, 2.05) is 30.5 Å².